The molecule has 24 heavy (non-hydrogen) atoms. The highest BCUT2D eigenvalue weighted by Crippen LogP contribution is 2.34. The van der Waals surface area contributed by atoms with Crippen LogP contribution in [0.25, 0.3) is 0 Å². The molecule has 0 bridgehead atoms. The van der Waals surface area contributed by atoms with E-state index in [1.165, 1.54) is 0 Å². The molecule has 0 aliphatic carbocycles. The Hall–Kier alpha value is -3.10. The lowest BCUT2D eigenvalue weighted by atomic mass is 9.89. The van der Waals surface area contributed by atoms with E-state index in [2.05, 4.69) is 20.1 Å². The molecule has 0 aliphatic rings. The smallest absolute Gasteiger partial charge is 0.361 e. The number of nitro benzene ring substituents is 1. The van der Waals surface area contributed by atoms with Gasteiger partial charge in [0.25, 0.3) is 5.69 Å². The average molecular weight is 332 g/mol. The van der Waals surface area contributed by atoms with Crippen molar-refractivity contribution >= 4 is 17.4 Å². The van der Waals surface area contributed by atoms with E-state index in [0.29, 0.717) is 11.1 Å². The molecule has 0 fully saturated rings. The third kappa shape index (κ3) is 2.53. The molecule has 2 rings (SSSR count). The Balaban J connectivity index is 2.78. The molecule has 1 N–H and O–H groups in total. The van der Waals surface area contributed by atoms with Crippen molar-refractivity contribution in [2.45, 2.75) is 27.7 Å². The first-order chi connectivity index (χ1) is 11.2. The number of nitro groups is 1. The number of methoxy groups -OCH3 is 1. The summed E-state index contributed by atoms with van der Waals surface area (Å²) in [4.78, 5) is 35.5. The first-order valence-electron chi connectivity index (χ1n) is 7.00. The standard InChI is InChI=1S/C15H16N4O5/c1-6-7(2)9(4)13(19(22)23)10(8(6)3)14(20)11-12(15(21)24-5)17-18-16-11/h1-5H3,(H,16,17,18). The van der Waals surface area contributed by atoms with E-state index in [9.17, 15) is 19.7 Å². The Labute approximate surface area is 137 Å². The molecular weight excluding hydrogens is 316 g/mol. The minimum atomic E-state index is -0.854. The Bertz CT molecular complexity index is 869. The lowest BCUT2D eigenvalue weighted by molar-refractivity contribution is -0.385. The molecule has 9 heteroatoms. The Kier molecular flexibility index (Phi) is 4.45. The summed E-state index contributed by atoms with van der Waals surface area (Å²) in [5.41, 5.74) is 1.36. The molecule has 9 nitrogen and oxygen atoms in total. The second-order valence-electron chi connectivity index (χ2n) is 5.32. The SMILES string of the molecule is COC(=O)c1n[nH]nc1C(=O)c1c(C)c(C)c(C)c(C)c1[N+](=O)[O-]. The van der Waals surface area contributed by atoms with Gasteiger partial charge in [-0.25, -0.2) is 4.79 Å². The van der Waals surface area contributed by atoms with Crippen molar-refractivity contribution in [3.05, 3.63) is 49.3 Å². The zero-order chi connectivity index (χ0) is 18.2. The van der Waals surface area contributed by atoms with Gasteiger partial charge in [0, 0.05) is 5.56 Å². The van der Waals surface area contributed by atoms with Crippen LogP contribution in [0, 0.1) is 37.8 Å². The van der Waals surface area contributed by atoms with E-state index in [4.69, 9.17) is 0 Å². The van der Waals surface area contributed by atoms with Crippen LogP contribution in [0.4, 0.5) is 5.69 Å². The van der Waals surface area contributed by atoms with Crippen LogP contribution in [-0.4, -0.2) is 39.2 Å². The molecule has 0 saturated carbocycles. The van der Waals surface area contributed by atoms with Crippen LogP contribution >= 0.6 is 0 Å². The van der Waals surface area contributed by atoms with Gasteiger partial charge in [0.2, 0.25) is 11.5 Å². The minimum Gasteiger partial charge on any atom is -0.464 e. The van der Waals surface area contributed by atoms with E-state index in [-0.39, 0.29) is 22.6 Å². The van der Waals surface area contributed by atoms with E-state index in [1.54, 1.807) is 27.7 Å². The quantitative estimate of drug-likeness (QED) is 0.392. The Morgan fingerprint density at radius 1 is 1.00 bits per heavy atom. The van der Waals surface area contributed by atoms with E-state index in [1.807, 2.05) is 0 Å². The summed E-state index contributed by atoms with van der Waals surface area (Å²) in [6, 6.07) is 0. The van der Waals surface area contributed by atoms with Crippen molar-refractivity contribution < 1.29 is 19.2 Å². The Morgan fingerprint density at radius 2 is 1.54 bits per heavy atom. The lowest BCUT2D eigenvalue weighted by Gasteiger charge is -2.14. The molecule has 0 aliphatic heterocycles. The van der Waals surface area contributed by atoms with E-state index in [0.717, 1.165) is 18.2 Å². The molecule has 0 amide bonds. The predicted octanol–water partition coefficient (Wildman–Crippen LogP) is 1.96. The van der Waals surface area contributed by atoms with Gasteiger partial charge in [-0.1, -0.05) is 0 Å². The number of aromatic nitrogens is 3. The van der Waals surface area contributed by atoms with Gasteiger partial charge in [-0.3, -0.25) is 14.9 Å². The number of nitrogens with one attached hydrogen (secondary N) is 1. The molecule has 126 valence electrons. The molecule has 2 aromatic rings. The number of ether oxygens (including phenoxy) is 1. The normalized spacial score (nSPS) is 10.5. The topological polar surface area (TPSA) is 128 Å². The molecule has 0 unspecified atom stereocenters. The van der Waals surface area contributed by atoms with Gasteiger partial charge in [0.1, 0.15) is 5.56 Å². The highest BCUT2D eigenvalue weighted by molar-refractivity contribution is 6.15. The maximum Gasteiger partial charge on any atom is 0.361 e. The van der Waals surface area contributed by atoms with Crippen molar-refractivity contribution in [2.24, 2.45) is 0 Å². The summed E-state index contributed by atoms with van der Waals surface area (Å²) in [7, 11) is 1.14. The van der Waals surface area contributed by atoms with Crippen molar-refractivity contribution in [1.82, 2.24) is 15.4 Å². The highest BCUT2D eigenvalue weighted by atomic mass is 16.6. The second-order valence-corrected chi connectivity index (χ2v) is 5.32. The molecule has 1 aromatic heterocycles. The molecule has 1 heterocycles. The van der Waals surface area contributed by atoms with Crippen LogP contribution in [0.1, 0.15) is 48.8 Å². The van der Waals surface area contributed by atoms with Gasteiger partial charge < -0.3 is 4.74 Å². The maximum absolute atomic E-state index is 12.9. The second kappa shape index (κ2) is 6.19. The van der Waals surface area contributed by atoms with Crippen LogP contribution in [0.15, 0.2) is 0 Å². The summed E-state index contributed by atoms with van der Waals surface area (Å²) < 4.78 is 4.55. The van der Waals surface area contributed by atoms with Crippen LogP contribution in [0.3, 0.4) is 0 Å². The number of carbonyl (C=O) groups is 2. The van der Waals surface area contributed by atoms with Crippen LogP contribution in [0.5, 0.6) is 0 Å². The van der Waals surface area contributed by atoms with Crippen LogP contribution in [-0.2, 0) is 4.74 Å². The van der Waals surface area contributed by atoms with Gasteiger partial charge in [0.05, 0.1) is 12.0 Å². The fraction of sp³-hybridized carbons (Fsp3) is 0.333. The first-order valence-corrected chi connectivity index (χ1v) is 7.00. The van der Waals surface area contributed by atoms with Crippen molar-refractivity contribution in [3.63, 3.8) is 0 Å². The minimum absolute atomic E-state index is 0.0975. The van der Waals surface area contributed by atoms with Crippen LogP contribution < -0.4 is 0 Å². The number of benzene rings is 1. The first kappa shape index (κ1) is 17.3. The predicted molar refractivity (Wildman–Crippen MR) is 83.2 cm³/mol. The van der Waals surface area contributed by atoms with E-state index >= 15 is 0 Å². The van der Waals surface area contributed by atoms with Crippen molar-refractivity contribution in [2.75, 3.05) is 7.11 Å². The molecule has 1 aromatic carbocycles. The van der Waals surface area contributed by atoms with Gasteiger partial charge in [-0.05, 0) is 44.4 Å². The summed E-state index contributed by atoms with van der Waals surface area (Å²) in [6.45, 7) is 6.75. The lowest BCUT2D eigenvalue weighted by Crippen LogP contribution is -2.16. The van der Waals surface area contributed by atoms with Gasteiger partial charge in [-0.2, -0.15) is 10.3 Å². The molecule has 0 radical (unpaired) electrons. The van der Waals surface area contributed by atoms with Crippen molar-refractivity contribution in [3.8, 4) is 0 Å². The van der Waals surface area contributed by atoms with Gasteiger partial charge >= 0.3 is 5.97 Å². The van der Waals surface area contributed by atoms with Gasteiger partial charge in [0.15, 0.2) is 5.69 Å². The van der Waals surface area contributed by atoms with E-state index < -0.39 is 16.7 Å². The van der Waals surface area contributed by atoms with Gasteiger partial charge in [-0.15, -0.1) is 5.10 Å². The number of hydrogen-bond donors (Lipinski definition) is 1. The number of carbonyl (C=O) groups excluding carboxylic acids is 2. The summed E-state index contributed by atoms with van der Waals surface area (Å²) in [5.74, 6) is -1.60. The summed E-state index contributed by atoms with van der Waals surface area (Å²) >= 11 is 0. The summed E-state index contributed by atoms with van der Waals surface area (Å²) in [6.07, 6.45) is 0. The maximum atomic E-state index is 12.9. The van der Waals surface area contributed by atoms with Crippen LogP contribution in [0.2, 0.25) is 0 Å². The average Bonchev–Trinajstić information content (AvgIpc) is 3.03. The monoisotopic (exact) mass is 332 g/mol. The largest absolute Gasteiger partial charge is 0.464 e. The van der Waals surface area contributed by atoms with Crippen molar-refractivity contribution in [1.29, 1.82) is 0 Å². The number of aromatic amines is 1. The number of H-pyrrole nitrogens is 1. The zero-order valence-corrected chi connectivity index (χ0v) is 13.9. The highest BCUT2D eigenvalue weighted by Gasteiger charge is 2.33. The third-order valence-corrected chi connectivity index (χ3v) is 4.21. The number of rotatable bonds is 4. The third-order valence-electron chi connectivity index (χ3n) is 4.21. The molecule has 0 atom stereocenters. The number of esters is 1. The number of nitrogens with zero attached hydrogens (tertiary/aromatic N) is 3. The molecule has 0 spiro atoms. The molecule has 0 saturated heterocycles. The number of ketones is 1. The Morgan fingerprint density at radius 3 is 2.08 bits per heavy atom. The summed E-state index contributed by atoms with van der Waals surface area (Å²) in [5, 5.41) is 21.0. The zero-order valence-electron chi connectivity index (χ0n) is 13.9. The fourth-order valence-corrected chi connectivity index (χ4v) is 2.55. The fourth-order valence-electron chi connectivity index (χ4n) is 2.55. The number of hydrogen-bond acceptors (Lipinski definition) is 7. The molecular formula is C15H16N4O5.